The van der Waals surface area contributed by atoms with Crippen LogP contribution in [-0.4, -0.2) is 14.7 Å². The molecule has 0 atom stereocenters. The van der Waals surface area contributed by atoms with Crippen LogP contribution in [0.4, 0.5) is 0 Å². The van der Waals surface area contributed by atoms with Gasteiger partial charge in [-0.2, -0.15) is 0 Å². The number of nitrogens with zero attached hydrogens (tertiary/aromatic N) is 2. The van der Waals surface area contributed by atoms with Crippen LogP contribution in [0.5, 0.6) is 5.88 Å². The molecular weight excluding hydrogens is 235 g/mol. The fraction of sp³-hybridized carbons (Fsp3) is 0.100. The molecule has 15 heavy (non-hydrogen) atoms. The molecule has 0 radical (unpaired) electrons. The average Bonchev–Trinajstić information content (AvgIpc) is 2.48. The fourth-order valence-corrected chi connectivity index (χ4v) is 1.63. The zero-order valence-corrected chi connectivity index (χ0v) is 9.20. The quantitative estimate of drug-likeness (QED) is 0.880. The first-order valence-electron chi connectivity index (χ1n) is 4.31. The Morgan fingerprint density at radius 1 is 1.33 bits per heavy atom. The number of hydrogen-bond donors (Lipinski definition) is 1. The Labute approximate surface area is 96.9 Å². The Bertz CT molecular complexity index is 468. The summed E-state index contributed by atoms with van der Waals surface area (Å²) in [6.45, 7) is 0.444. The molecule has 0 aliphatic carbocycles. The van der Waals surface area contributed by atoms with E-state index in [0.717, 1.165) is 5.69 Å². The van der Waals surface area contributed by atoms with Gasteiger partial charge in [-0.1, -0.05) is 29.3 Å². The lowest BCUT2D eigenvalue weighted by Crippen LogP contribution is -1.98. The summed E-state index contributed by atoms with van der Waals surface area (Å²) in [5.74, 6) is -0.0349. The summed E-state index contributed by atoms with van der Waals surface area (Å²) >= 11 is 11.5. The lowest BCUT2D eigenvalue weighted by molar-refractivity contribution is 0.424. The van der Waals surface area contributed by atoms with Crippen molar-refractivity contribution in [2.75, 3.05) is 0 Å². The molecule has 0 bridgehead atoms. The van der Waals surface area contributed by atoms with E-state index in [1.807, 2.05) is 18.2 Å². The van der Waals surface area contributed by atoms with Crippen molar-refractivity contribution in [2.45, 2.75) is 6.54 Å². The van der Waals surface area contributed by atoms with Gasteiger partial charge >= 0.3 is 0 Å². The molecule has 0 saturated carbocycles. The van der Waals surface area contributed by atoms with Crippen LogP contribution >= 0.6 is 23.2 Å². The van der Waals surface area contributed by atoms with Gasteiger partial charge < -0.3 is 9.67 Å². The maximum Gasteiger partial charge on any atom is 0.212 e. The van der Waals surface area contributed by atoms with Crippen molar-refractivity contribution in [3.63, 3.8) is 0 Å². The first-order valence-corrected chi connectivity index (χ1v) is 5.07. The van der Waals surface area contributed by atoms with Gasteiger partial charge in [0.1, 0.15) is 5.02 Å². The van der Waals surface area contributed by atoms with Crippen molar-refractivity contribution in [3.05, 3.63) is 46.3 Å². The van der Waals surface area contributed by atoms with Gasteiger partial charge in [0.05, 0.1) is 17.3 Å². The summed E-state index contributed by atoms with van der Waals surface area (Å²) in [6.07, 6.45) is 3.27. The standard InChI is InChI=1S/C10H8Cl2N2O/c11-8-6-14(10(15)9(8)12)5-7-3-1-2-4-13-7/h1-4,6,15H,5H2. The van der Waals surface area contributed by atoms with Gasteiger partial charge in [-0.25, -0.2) is 0 Å². The molecule has 0 fully saturated rings. The molecule has 0 amide bonds. The van der Waals surface area contributed by atoms with Gasteiger partial charge in [-0.05, 0) is 12.1 Å². The van der Waals surface area contributed by atoms with E-state index in [0.29, 0.717) is 11.6 Å². The monoisotopic (exact) mass is 242 g/mol. The summed E-state index contributed by atoms with van der Waals surface area (Å²) in [4.78, 5) is 4.14. The minimum absolute atomic E-state index is 0.0349. The lowest BCUT2D eigenvalue weighted by atomic mass is 10.3. The predicted molar refractivity (Wildman–Crippen MR) is 59.5 cm³/mol. The lowest BCUT2D eigenvalue weighted by Gasteiger charge is -2.03. The Morgan fingerprint density at radius 2 is 2.13 bits per heavy atom. The third-order valence-corrected chi connectivity index (χ3v) is 2.76. The summed E-state index contributed by atoms with van der Waals surface area (Å²) in [5, 5.41) is 10.1. The van der Waals surface area contributed by atoms with Crippen LogP contribution in [0.25, 0.3) is 0 Å². The van der Waals surface area contributed by atoms with E-state index >= 15 is 0 Å². The second kappa shape index (κ2) is 4.13. The van der Waals surface area contributed by atoms with Crippen LogP contribution in [0.1, 0.15) is 5.69 Å². The highest BCUT2D eigenvalue weighted by Gasteiger charge is 2.11. The molecule has 0 aliphatic heterocycles. The summed E-state index contributed by atoms with van der Waals surface area (Å²) in [5.41, 5.74) is 0.830. The van der Waals surface area contributed by atoms with Crippen molar-refractivity contribution in [1.82, 2.24) is 9.55 Å². The summed E-state index contributed by atoms with van der Waals surface area (Å²) < 4.78 is 1.55. The second-order valence-electron chi connectivity index (χ2n) is 3.06. The van der Waals surface area contributed by atoms with E-state index in [-0.39, 0.29) is 10.9 Å². The molecule has 2 heterocycles. The number of hydrogen-bond acceptors (Lipinski definition) is 2. The first kappa shape index (κ1) is 10.3. The van der Waals surface area contributed by atoms with Gasteiger partial charge in [0.25, 0.3) is 0 Å². The van der Waals surface area contributed by atoms with Crippen LogP contribution in [0, 0.1) is 0 Å². The highest BCUT2D eigenvalue weighted by molar-refractivity contribution is 6.42. The highest BCUT2D eigenvalue weighted by atomic mass is 35.5. The summed E-state index contributed by atoms with van der Waals surface area (Å²) in [6, 6.07) is 5.58. The van der Waals surface area contributed by atoms with Crippen LogP contribution in [0.3, 0.4) is 0 Å². The molecule has 2 rings (SSSR count). The van der Waals surface area contributed by atoms with Crippen molar-refractivity contribution in [3.8, 4) is 5.88 Å². The molecule has 0 saturated heterocycles. The molecule has 2 aromatic rings. The third kappa shape index (κ3) is 2.08. The van der Waals surface area contributed by atoms with Crippen molar-refractivity contribution >= 4 is 23.2 Å². The molecule has 3 nitrogen and oxygen atoms in total. The van der Waals surface area contributed by atoms with Crippen LogP contribution < -0.4 is 0 Å². The van der Waals surface area contributed by atoms with E-state index in [1.54, 1.807) is 17.0 Å². The molecular formula is C10H8Cl2N2O. The highest BCUT2D eigenvalue weighted by Crippen LogP contribution is 2.33. The van der Waals surface area contributed by atoms with Gasteiger partial charge in [-0.3, -0.25) is 4.98 Å². The number of rotatable bonds is 2. The summed E-state index contributed by atoms with van der Waals surface area (Å²) in [7, 11) is 0. The van der Waals surface area contributed by atoms with Crippen molar-refractivity contribution in [2.24, 2.45) is 0 Å². The number of pyridine rings is 1. The smallest absolute Gasteiger partial charge is 0.212 e. The molecule has 2 aromatic heterocycles. The van der Waals surface area contributed by atoms with Crippen LogP contribution in [0.2, 0.25) is 10.0 Å². The molecule has 1 N–H and O–H groups in total. The predicted octanol–water partition coefficient (Wildman–Crippen LogP) is 2.94. The minimum atomic E-state index is -0.0349. The SMILES string of the molecule is Oc1c(Cl)c(Cl)cn1Cc1ccccn1. The van der Waals surface area contributed by atoms with Gasteiger partial charge in [0.15, 0.2) is 0 Å². The number of aromatic hydroxyl groups is 1. The topological polar surface area (TPSA) is 38.0 Å². The maximum atomic E-state index is 9.60. The third-order valence-electron chi connectivity index (χ3n) is 2.01. The maximum absolute atomic E-state index is 9.60. The fourth-order valence-electron chi connectivity index (χ4n) is 1.27. The number of halogens is 2. The first-order chi connectivity index (χ1) is 7.18. The van der Waals surface area contributed by atoms with E-state index in [4.69, 9.17) is 23.2 Å². The number of aromatic nitrogens is 2. The van der Waals surface area contributed by atoms with Crippen LogP contribution in [0.15, 0.2) is 30.6 Å². The Kier molecular flexibility index (Phi) is 2.84. The largest absolute Gasteiger partial charge is 0.493 e. The molecule has 0 aliphatic rings. The Balaban J connectivity index is 2.29. The Hall–Kier alpha value is -1.19. The Morgan fingerprint density at radius 3 is 2.67 bits per heavy atom. The van der Waals surface area contributed by atoms with Gasteiger partial charge in [0, 0.05) is 12.4 Å². The zero-order chi connectivity index (χ0) is 10.8. The van der Waals surface area contributed by atoms with Gasteiger partial charge in [0.2, 0.25) is 5.88 Å². The van der Waals surface area contributed by atoms with Crippen molar-refractivity contribution < 1.29 is 5.11 Å². The second-order valence-corrected chi connectivity index (χ2v) is 3.85. The average molecular weight is 243 g/mol. The molecule has 5 heteroatoms. The van der Waals surface area contributed by atoms with Crippen LogP contribution in [-0.2, 0) is 6.54 Å². The van der Waals surface area contributed by atoms with E-state index in [2.05, 4.69) is 4.98 Å². The van der Waals surface area contributed by atoms with E-state index in [1.165, 1.54) is 0 Å². The van der Waals surface area contributed by atoms with E-state index < -0.39 is 0 Å². The molecule has 0 unspecified atom stereocenters. The zero-order valence-electron chi connectivity index (χ0n) is 7.69. The van der Waals surface area contributed by atoms with Gasteiger partial charge in [-0.15, -0.1) is 0 Å². The van der Waals surface area contributed by atoms with Crippen molar-refractivity contribution in [1.29, 1.82) is 0 Å². The molecule has 0 spiro atoms. The normalized spacial score (nSPS) is 10.5. The molecule has 78 valence electrons. The molecule has 0 aromatic carbocycles. The van der Waals surface area contributed by atoms with E-state index in [9.17, 15) is 5.11 Å². The minimum Gasteiger partial charge on any atom is -0.493 e.